The molecular weight excluding hydrogens is 396 g/mol. The van der Waals surface area contributed by atoms with Crippen molar-refractivity contribution >= 4 is 51.7 Å². The number of nitrogens with zero attached hydrogens (tertiary/aromatic N) is 3. The molecular formula is C19H22N4O3S2. The summed E-state index contributed by atoms with van der Waals surface area (Å²) in [6.45, 7) is 6.04. The largest absolute Gasteiger partial charge is 0.394 e. The van der Waals surface area contributed by atoms with E-state index in [1.54, 1.807) is 18.3 Å². The summed E-state index contributed by atoms with van der Waals surface area (Å²) in [5, 5.41) is 12.7. The zero-order valence-electron chi connectivity index (χ0n) is 15.9. The van der Waals surface area contributed by atoms with Crippen molar-refractivity contribution < 1.29 is 9.90 Å². The average molecular weight is 419 g/mol. The van der Waals surface area contributed by atoms with Gasteiger partial charge in [0.2, 0.25) is 0 Å². The van der Waals surface area contributed by atoms with Crippen molar-refractivity contribution in [2.45, 2.75) is 33.2 Å². The van der Waals surface area contributed by atoms with Crippen LogP contribution in [-0.4, -0.2) is 48.8 Å². The van der Waals surface area contributed by atoms with Gasteiger partial charge in [-0.1, -0.05) is 37.0 Å². The van der Waals surface area contributed by atoms with E-state index in [1.165, 1.54) is 21.1 Å². The number of aliphatic hydroxyl groups is 1. The second kappa shape index (κ2) is 8.42. The molecule has 2 aromatic heterocycles. The third-order valence-corrected chi connectivity index (χ3v) is 5.98. The summed E-state index contributed by atoms with van der Waals surface area (Å²) in [7, 11) is 0. The van der Waals surface area contributed by atoms with Crippen LogP contribution in [0.25, 0.3) is 11.7 Å². The van der Waals surface area contributed by atoms with Gasteiger partial charge in [-0.05, 0) is 38.0 Å². The molecule has 0 bridgehead atoms. The topological polar surface area (TPSA) is 86.9 Å². The van der Waals surface area contributed by atoms with E-state index in [0.717, 1.165) is 5.56 Å². The molecule has 3 rings (SSSR count). The second-order valence-corrected chi connectivity index (χ2v) is 8.10. The molecule has 2 N–H and O–H groups in total. The number of aliphatic hydroxyl groups excluding tert-OH is 1. The molecule has 2 aromatic rings. The predicted molar refractivity (Wildman–Crippen MR) is 117 cm³/mol. The number of anilines is 1. The van der Waals surface area contributed by atoms with Crippen LogP contribution in [0.1, 0.15) is 31.4 Å². The number of hydrogen-bond acceptors (Lipinski definition) is 7. The van der Waals surface area contributed by atoms with Gasteiger partial charge in [0.25, 0.3) is 11.5 Å². The maximum Gasteiger partial charge on any atom is 0.267 e. The number of pyridine rings is 1. The zero-order valence-corrected chi connectivity index (χ0v) is 17.6. The van der Waals surface area contributed by atoms with Crippen molar-refractivity contribution in [2.24, 2.45) is 0 Å². The van der Waals surface area contributed by atoms with Crippen molar-refractivity contribution in [1.29, 1.82) is 0 Å². The van der Waals surface area contributed by atoms with Crippen LogP contribution in [0.2, 0.25) is 0 Å². The Morgan fingerprint density at radius 2 is 2.14 bits per heavy atom. The lowest BCUT2D eigenvalue weighted by Crippen LogP contribution is -2.28. The van der Waals surface area contributed by atoms with Gasteiger partial charge in [-0.15, -0.1) is 0 Å². The lowest BCUT2D eigenvalue weighted by Gasteiger charge is -2.17. The monoisotopic (exact) mass is 418 g/mol. The van der Waals surface area contributed by atoms with Gasteiger partial charge < -0.3 is 10.4 Å². The molecule has 0 unspecified atom stereocenters. The Bertz CT molecular complexity index is 1030. The molecule has 28 heavy (non-hydrogen) atoms. The van der Waals surface area contributed by atoms with Gasteiger partial charge in [0.05, 0.1) is 23.1 Å². The van der Waals surface area contributed by atoms with Crippen LogP contribution < -0.4 is 10.9 Å². The van der Waals surface area contributed by atoms with E-state index in [1.807, 2.05) is 26.8 Å². The number of amides is 1. The normalized spacial score (nSPS) is 17.0. The quantitative estimate of drug-likeness (QED) is 0.550. The minimum absolute atomic E-state index is 0.0945. The SMILES string of the molecule is CC[C@H](CO)Nc1nc2c(C)cccn2c(=O)c1/C=C1/SC(=S)N(CC)C1=O. The maximum atomic E-state index is 13.2. The van der Waals surface area contributed by atoms with Gasteiger partial charge in [0, 0.05) is 12.7 Å². The summed E-state index contributed by atoms with van der Waals surface area (Å²) in [5.74, 6) is 0.133. The van der Waals surface area contributed by atoms with Gasteiger partial charge in [-0.2, -0.15) is 0 Å². The summed E-state index contributed by atoms with van der Waals surface area (Å²) < 4.78 is 1.94. The lowest BCUT2D eigenvalue weighted by atomic mass is 10.2. The number of rotatable bonds is 6. The highest BCUT2D eigenvalue weighted by Crippen LogP contribution is 2.32. The van der Waals surface area contributed by atoms with Gasteiger partial charge >= 0.3 is 0 Å². The van der Waals surface area contributed by atoms with Gasteiger partial charge in [-0.3, -0.25) is 18.9 Å². The number of carbonyl (C=O) groups is 1. The number of thioether (sulfide) groups is 1. The fourth-order valence-electron chi connectivity index (χ4n) is 2.93. The molecule has 1 aliphatic heterocycles. The van der Waals surface area contributed by atoms with E-state index in [0.29, 0.717) is 33.7 Å². The van der Waals surface area contributed by atoms with Crippen LogP contribution in [0.5, 0.6) is 0 Å². The summed E-state index contributed by atoms with van der Waals surface area (Å²) in [5.41, 5.74) is 1.36. The van der Waals surface area contributed by atoms with Crippen molar-refractivity contribution in [3.8, 4) is 0 Å². The fraction of sp³-hybridized carbons (Fsp3) is 0.368. The fourth-order valence-corrected chi connectivity index (χ4v) is 4.29. The molecule has 0 spiro atoms. The van der Waals surface area contributed by atoms with Crippen LogP contribution in [0.3, 0.4) is 0 Å². The second-order valence-electron chi connectivity index (χ2n) is 6.42. The van der Waals surface area contributed by atoms with Crippen LogP contribution in [-0.2, 0) is 4.79 Å². The Kier molecular flexibility index (Phi) is 6.17. The highest BCUT2D eigenvalue weighted by Gasteiger charge is 2.31. The molecule has 1 fully saturated rings. The van der Waals surface area contributed by atoms with Crippen molar-refractivity contribution in [2.75, 3.05) is 18.5 Å². The highest BCUT2D eigenvalue weighted by molar-refractivity contribution is 8.26. The van der Waals surface area contributed by atoms with Gasteiger partial charge in [0.1, 0.15) is 15.8 Å². The number of likely N-dealkylation sites (N-methyl/N-ethyl adjacent to an activating group) is 1. The first-order chi connectivity index (χ1) is 13.4. The molecule has 0 aliphatic carbocycles. The van der Waals surface area contributed by atoms with Gasteiger partial charge in [0.15, 0.2) is 0 Å². The van der Waals surface area contributed by atoms with Crippen molar-refractivity contribution in [3.63, 3.8) is 0 Å². The van der Waals surface area contributed by atoms with Crippen LogP contribution in [0.4, 0.5) is 5.82 Å². The molecule has 7 nitrogen and oxygen atoms in total. The van der Waals surface area contributed by atoms with Gasteiger partial charge in [-0.25, -0.2) is 4.98 Å². The Morgan fingerprint density at radius 1 is 1.39 bits per heavy atom. The molecule has 9 heteroatoms. The Balaban J connectivity index is 2.21. The first-order valence-corrected chi connectivity index (χ1v) is 10.3. The summed E-state index contributed by atoms with van der Waals surface area (Å²) in [6, 6.07) is 3.40. The zero-order chi connectivity index (χ0) is 20.4. The molecule has 0 radical (unpaired) electrons. The first-order valence-electron chi connectivity index (χ1n) is 9.05. The number of aryl methyl sites for hydroxylation is 1. The van der Waals surface area contributed by atoms with Crippen molar-refractivity contribution in [3.05, 3.63) is 44.7 Å². The van der Waals surface area contributed by atoms with Crippen LogP contribution in [0.15, 0.2) is 28.0 Å². The molecule has 1 saturated heterocycles. The molecule has 0 saturated carbocycles. The van der Waals surface area contributed by atoms with E-state index in [4.69, 9.17) is 12.2 Å². The first kappa shape index (κ1) is 20.5. The predicted octanol–water partition coefficient (Wildman–Crippen LogP) is 2.41. The third-order valence-electron chi connectivity index (χ3n) is 4.60. The molecule has 1 atom stereocenters. The molecule has 3 heterocycles. The molecule has 1 aliphatic rings. The summed E-state index contributed by atoms with van der Waals surface area (Å²) >= 11 is 6.43. The molecule has 1 amide bonds. The van der Waals surface area contributed by atoms with Crippen molar-refractivity contribution in [1.82, 2.24) is 14.3 Å². The van der Waals surface area contributed by atoms with E-state index >= 15 is 0 Å². The minimum Gasteiger partial charge on any atom is -0.394 e. The van der Waals surface area contributed by atoms with E-state index in [9.17, 15) is 14.7 Å². The number of carbonyl (C=O) groups excluding carboxylic acids is 1. The lowest BCUT2D eigenvalue weighted by molar-refractivity contribution is -0.121. The number of hydrogen-bond donors (Lipinski definition) is 2. The summed E-state index contributed by atoms with van der Waals surface area (Å²) in [4.78, 5) is 32.3. The Labute approximate surface area is 172 Å². The van der Waals surface area contributed by atoms with E-state index in [-0.39, 0.29) is 29.7 Å². The number of thiocarbonyl (C=S) groups is 1. The van der Waals surface area contributed by atoms with E-state index < -0.39 is 0 Å². The third kappa shape index (κ3) is 3.69. The van der Waals surface area contributed by atoms with Crippen LogP contribution >= 0.6 is 24.0 Å². The smallest absolute Gasteiger partial charge is 0.267 e. The highest BCUT2D eigenvalue weighted by atomic mass is 32.2. The Hall–Kier alpha value is -2.23. The standard InChI is InChI=1S/C19H22N4O3S2/c1-4-12(10-24)20-15-13(9-14-18(26)22(5-2)19(27)28-14)17(25)23-8-6-7-11(3)16(23)21-15/h6-9,12,20,24H,4-5,10H2,1-3H3/b14-9+/t12-/m1/s1. The number of aromatic nitrogens is 2. The molecule has 148 valence electrons. The maximum absolute atomic E-state index is 13.2. The summed E-state index contributed by atoms with van der Waals surface area (Å²) in [6.07, 6.45) is 3.85. The number of fused-ring (bicyclic) bond motifs is 1. The van der Waals surface area contributed by atoms with Crippen LogP contribution in [0, 0.1) is 6.92 Å². The van der Waals surface area contributed by atoms with E-state index in [2.05, 4.69) is 10.3 Å². The number of nitrogens with one attached hydrogen (secondary N) is 1. The average Bonchev–Trinajstić information content (AvgIpc) is 2.95. The minimum atomic E-state index is -0.286. The molecule has 0 aromatic carbocycles. The Morgan fingerprint density at radius 3 is 2.75 bits per heavy atom.